The topological polar surface area (TPSA) is 55.2 Å². The lowest BCUT2D eigenvalue weighted by Crippen LogP contribution is -2.01. The van der Waals surface area contributed by atoms with Gasteiger partial charge in [0.15, 0.2) is 0 Å². The van der Waals surface area contributed by atoms with Gasteiger partial charge in [-0.05, 0) is 51.9 Å². The fourth-order valence-electron chi connectivity index (χ4n) is 2.33. The monoisotopic (exact) mass is 346 g/mol. The molecule has 1 saturated carbocycles. The number of halogens is 1. The van der Waals surface area contributed by atoms with Crippen molar-refractivity contribution in [2.45, 2.75) is 25.3 Å². The van der Waals surface area contributed by atoms with Crippen molar-refractivity contribution in [3.8, 4) is 0 Å². The Morgan fingerprint density at radius 3 is 2.76 bits per heavy atom. The van der Waals surface area contributed by atoms with Crippen molar-refractivity contribution in [3.05, 3.63) is 68.2 Å². The van der Waals surface area contributed by atoms with E-state index in [1.165, 1.54) is 30.0 Å². The van der Waals surface area contributed by atoms with Crippen molar-refractivity contribution >= 4 is 27.3 Å². The van der Waals surface area contributed by atoms with E-state index in [9.17, 15) is 10.1 Å². The lowest BCUT2D eigenvalue weighted by atomic mass is 10.1. The van der Waals surface area contributed by atoms with Crippen LogP contribution in [0.1, 0.15) is 29.9 Å². The van der Waals surface area contributed by atoms with Gasteiger partial charge in [0.25, 0.3) is 5.69 Å². The molecule has 0 spiro atoms. The molecule has 0 aliphatic heterocycles. The second kappa shape index (κ2) is 5.85. The van der Waals surface area contributed by atoms with E-state index in [1.807, 2.05) is 0 Å². The van der Waals surface area contributed by atoms with Gasteiger partial charge in [-0.2, -0.15) is 0 Å². The van der Waals surface area contributed by atoms with Crippen LogP contribution in [0.4, 0.5) is 11.4 Å². The van der Waals surface area contributed by atoms with Crippen molar-refractivity contribution in [3.63, 3.8) is 0 Å². The van der Waals surface area contributed by atoms with Gasteiger partial charge < -0.3 is 5.32 Å². The molecule has 1 aliphatic carbocycles. The summed E-state index contributed by atoms with van der Waals surface area (Å²) < 4.78 is 0.825. The van der Waals surface area contributed by atoms with E-state index in [2.05, 4.69) is 45.5 Å². The van der Waals surface area contributed by atoms with Crippen LogP contribution in [0.5, 0.6) is 0 Å². The zero-order valence-corrected chi connectivity index (χ0v) is 13.0. The quantitative estimate of drug-likeness (QED) is 0.622. The average Bonchev–Trinajstić information content (AvgIpc) is 3.31. The van der Waals surface area contributed by atoms with Gasteiger partial charge in [0.2, 0.25) is 0 Å². The molecule has 21 heavy (non-hydrogen) atoms. The molecular weight excluding hydrogens is 332 g/mol. The second-order valence-electron chi connectivity index (χ2n) is 5.29. The third-order valence-corrected chi connectivity index (χ3v) is 4.34. The van der Waals surface area contributed by atoms with Gasteiger partial charge in [0.1, 0.15) is 0 Å². The van der Waals surface area contributed by atoms with Crippen LogP contribution in [0.2, 0.25) is 0 Å². The second-order valence-corrected chi connectivity index (χ2v) is 6.15. The normalized spacial score (nSPS) is 14.0. The molecule has 2 aromatic carbocycles. The molecule has 0 aromatic heterocycles. The number of non-ortho nitro benzene ring substituents is 1. The van der Waals surface area contributed by atoms with E-state index in [-0.39, 0.29) is 10.6 Å². The number of nitrogens with one attached hydrogen (secondary N) is 1. The molecule has 1 aliphatic rings. The molecule has 0 radical (unpaired) electrons. The van der Waals surface area contributed by atoms with Gasteiger partial charge >= 0.3 is 0 Å². The van der Waals surface area contributed by atoms with Crippen molar-refractivity contribution in [2.75, 3.05) is 5.32 Å². The summed E-state index contributed by atoms with van der Waals surface area (Å²) in [7, 11) is 0. The summed E-state index contributed by atoms with van der Waals surface area (Å²) in [5.74, 6) is 0.731. The zero-order valence-electron chi connectivity index (χ0n) is 11.4. The maximum atomic E-state index is 10.8. The SMILES string of the molecule is O=[N+]([O-])c1ccc(Br)c(NCc2cccc(C3CC3)c2)c1. The predicted molar refractivity (Wildman–Crippen MR) is 86.5 cm³/mol. The van der Waals surface area contributed by atoms with E-state index >= 15 is 0 Å². The lowest BCUT2D eigenvalue weighted by Gasteiger charge is -2.09. The molecule has 0 atom stereocenters. The van der Waals surface area contributed by atoms with E-state index in [0.29, 0.717) is 6.54 Å². The van der Waals surface area contributed by atoms with Crippen molar-refractivity contribution in [1.82, 2.24) is 0 Å². The van der Waals surface area contributed by atoms with E-state index in [1.54, 1.807) is 12.1 Å². The number of nitro groups is 1. The maximum absolute atomic E-state index is 10.8. The Hall–Kier alpha value is -1.88. The highest BCUT2D eigenvalue weighted by molar-refractivity contribution is 9.10. The number of nitrogens with zero attached hydrogens (tertiary/aromatic N) is 1. The molecule has 1 N–H and O–H groups in total. The number of hydrogen-bond acceptors (Lipinski definition) is 3. The summed E-state index contributed by atoms with van der Waals surface area (Å²) in [5, 5.41) is 14.1. The molecule has 0 saturated heterocycles. The number of benzene rings is 2. The summed E-state index contributed by atoms with van der Waals surface area (Å²) in [5.41, 5.74) is 3.42. The Balaban J connectivity index is 1.73. The lowest BCUT2D eigenvalue weighted by molar-refractivity contribution is -0.384. The molecule has 0 unspecified atom stereocenters. The average molecular weight is 347 g/mol. The van der Waals surface area contributed by atoms with E-state index in [4.69, 9.17) is 0 Å². The van der Waals surface area contributed by atoms with Gasteiger partial charge in [0, 0.05) is 23.2 Å². The molecule has 0 amide bonds. The Bertz CT molecular complexity index is 684. The summed E-state index contributed by atoms with van der Waals surface area (Å²) in [6, 6.07) is 13.3. The smallest absolute Gasteiger partial charge is 0.271 e. The first-order valence-electron chi connectivity index (χ1n) is 6.90. The standard InChI is InChI=1S/C16H15BrN2O2/c17-15-7-6-14(19(20)21)9-16(15)18-10-11-2-1-3-13(8-11)12-4-5-12/h1-3,6-9,12,18H,4-5,10H2. The van der Waals surface area contributed by atoms with Gasteiger partial charge in [-0.15, -0.1) is 0 Å². The Labute approximate surface area is 131 Å². The van der Waals surface area contributed by atoms with Crippen LogP contribution >= 0.6 is 15.9 Å². The predicted octanol–water partition coefficient (Wildman–Crippen LogP) is 4.85. The third kappa shape index (κ3) is 3.42. The fraction of sp³-hybridized carbons (Fsp3) is 0.250. The highest BCUT2D eigenvalue weighted by atomic mass is 79.9. The summed E-state index contributed by atoms with van der Waals surface area (Å²) in [4.78, 5) is 10.4. The Morgan fingerprint density at radius 2 is 2.05 bits per heavy atom. The first-order chi connectivity index (χ1) is 10.1. The highest BCUT2D eigenvalue weighted by Crippen LogP contribution is 2.40. The van der Waals surface area contributed by atoms with Crippen LogP contribution in [0.3, 0.4) is 0 Å². The van der Waals surface area contributed by atoms with Gasteiger partial charge in [-0.1, -0.05) is 24.3 Å². The van der Waals surface area contributed by atoms with Gasteiger partial charge in [0.05, 0.1) is 10.6 Å². The third-order valence-electron chi connectivity index (χ3n) is 3.64. The van der Waals surface area contributed by atoms with Crippen molar-refractivity contribution in [1.29, 1.82) is 0 Å². The van der Waals surface area contributed by atoms with Gasteiger partial charge in [-0.25, -0.2) is 0 Å². The van der Waals surface area contributed by atoms with Gasteiger partial charge in [-0.3, -0.25) is 10.1 Å². The maximum Gasteiger partial charge on any atom is 0.271 e. The number of anilines is 1. The van der Waals surface area contributed by atoms with Crippen molar-refractivity contribution < 1.29 is 4.92 Å². The molecule has 5 heteroatoms. The van der Waals surface area contributed by atoms with E-state index < -0.39 is 0 Å². The van der Waals surface area contributed by atoms with Crippen LogP contribution in [0.15, 0.2) is 46.9 Å². The van der Waals surface area contributed by atoms with Crippen LogP contribution in [-0.4, -0.2) is 4.92 Å². The van der Waals surface area contributed by atoms with Crippen LogP contribution in [0, 0.1) is 10.1 Å². The van der Waals surface area contributed by atoms with E-state index in [0.717, 1.165) is 16.1 Å². The molecule has 108 valence electrons. The molecule has 4 nitrogen and oxygen atoms in total. The minimum Gasteiger partial charge on any atom is -0.380 e. The first-order valence-corrected chi connectivity index (χ1v) is 7.69. The molecule has 2 aromatic rings. The summed E-state index contributed by atoms with van der Waals surface area (Å²) in [6.07, 6.45) is 2.57. The minimum absolute atomic E-state index is 0.0902. The van der Waals surface area contributed by atoms with Crippen LogP contribution < -0.4 is 5.32 Å². The Morgan fingerprint density at radius 1 is 1.24 bits per heavy atom. The number of hydrogen-bond donors (Lipinski definition) is 1. The molecular formula is C16H15BrN2O2. The van der Waals surface area contributed by atoms with Crippen molar-refractivity contribution in [2.24, 2.45) is 0 Å². The minimum atomic E-state index is -0.384. The van der Waals surface area contributed by atoms with Crippen LogP contribution in [-0.2, 0) is 6.54 Å². The largest absolute Gasteiger partial charge is 0.380 e. The first kappa shape index (κ1) is 14.1. The molecule has 3 rings (SSSR count). The summed E-state index contributed by atoms with van der Waals surface area (Å²) in [6.45, 7) is 0.653. The number of nitro benzene ring substituents is 1. The molecule has 0 heterocycles. The Kier molecular flexibility index (Phi) is 3.92. The fourth-order valence-corrected chi connectivity index (χ4v) is 2.72. The molecule has 1 fully saturated rings. The number of rotatable bonds is 5. The highest BCUT2D eigenvalue weighted by Gasteiger charge is 2.23. The zero-order chi connectivity index (χ0) is 14.8. The molecule has 0 bridgehead atoms. The van der Waals surface area contributed by atoms with Crippen LogP contribution in [0.25, 0.3) is 0 Å². The summed E-state index contributed by atoms with van der Waals surface area (Å²) >= 11 is 3.42.